The molecule has 4 atom stereocenters. The van der Waals surface area contributed by atoms with Gasteiger partial charge in [0.15, 0.2) is 0 Å². The molecule has 10 nitrogen and oxygen atoms in total. The number of hydrogen-bond donors (Lipinski definition) is 4. The maximum absolute atomic E-state index is 12.9. The van der Waals surface area contributed by atoms with Gasteiger partial charge in [-0.3, -0.25) is 14.7 Å². The summed E-state index contributed by atoms with van der Waals surface area (Å²) < 4.78 is 14.9. The predicted molar refractivity (Wildman–Crippen MR) is 311 cm³/mol. The normalized spacial score (nSPS) is 20.1. The van der Waals surface area contributed by atoms with Crippen molar-refractivity contribution in [3.63, 3.8) is 0 Å². The van der Waals surface area contributed by atoms with Gasteiger partial charge < -0.3 is 31.0 Å². The van der Waals surface area contributed by atoms with Crippen LogP contribution in [0.5, 0.6) is 0 Å². The van der Waals surface area contributed by atoms with E-state index >= 15 is 0 Å². The number of ether oxygens (including phenoxy) is 1. The van der Waals surface area contributed by atoms with Crippen molar-refractivity contribution in [2.75, 3.05) is 46.9 Å². The zero-order valence-corrected chi connectivity index (χ0v) is 47.3. The number of likely N-dealkylation sites (tertiary alicyclic amines) is 2. The van der Waals surface area contributed by atoms with Crippen LogP contribution in [0.15, 0.2) is 117 Å². The van der Waals surface area contributed by atoms with E-state index in [0.717, 1.165) is 78.7 Å². The zero-order chi connectivity index (χ0) is 54.4. The number of aliphatic imine (C=N–C) groups is 1. The molecule has 4 aliphatic rings. The molecule has 3 saturated heterocycles. The van der Waals surface area contributed by atoms with Gasteiger partial charge in [-0.25, -0.2) is 9.37 Å². The van der Waals surface area contributed by atoms with Crippen LogP contribution in [-0.2, 0) is 15.2 Å². The molecule has 4 fully saturated rings. The smallest absolute Gasteiger partial charge is 0.242 e. The van der Waals surface area contributed by atoms with Crippen molar-refractivity contribution in [1.29, 1.82) is 0 Å². The molecular weight excluding hydrogens is 896 g/mol. The Morgan fingerprint density at radius 1 is 0.958 bits per heavy atom. The average Bonchev–Trinajstić information content (AvgIpc) is 4.19. The topological polar surface area (TPSA) is 127 Å². The standard InChI is InChI=1S/C41H49N7O.C4H9N.C4H10.2C3H8.C2H3FO.C2H6.C2H4/c1-6-35-16-19-47(5)41(35,42)39-45-24-36(46-39)30-10-8-29(9-11-30)32-14-15-33-20-31(12-13-34(33)21-32)27(3)23-44-28(4)37-22-40(17-18-40)26-48(37)38(49)25-43-7-2;1-3-4-5-2;1-4(2)3;2*1-3-2;3-2-1-4-2;2*1-2/h7-15,20-21,23-24,35,37,43H,2,6,16-19,22,25-26,42H2,1,3-5H3,(H,45,46);3,5H,1,4H2,2H3;4H,1-3H3;2*3H2,1-2H3;2H,1H2;1-2H3;1-2H2/b27-23+,44-28?;;;;;;;. The number of H-pyrrole nitrogens is 1. The molecule has 4 unspecified atom stereocenters. The predicted octanol–water partition coefficient (Wildman–Crippen LogP) is 14.3. The Morgan fingerprint density at radius 3 is 2.00 bits per heavy atom. The first kappa shape index (κ1) is 64.8. The summed E-state index contributed by atoms with van der Waals surface area (Å²) in [6.07, 6.45) is 14.4. The number of rotatable bonds is 12. The summed E-state index contributed by atoms with van der Waals surface area (Å²) in [5.41, 5.74) is 14.3. The first-order valence-corrected chi connectivity index (χ1v) is 26.6. The minimum Gasteiger partial charge on any atom is -0.383 e. The minimum absolute atomic E-state index is 0.0530. The number of halogens is 1. The van der Waals surface area contributed by atoms with Gasteiger partial charge in [-0.2, -0.15) is 0 Å². The van der Waals surface area contributed by atoms with E-state index in [4.69, 9.17) is 15.7 Å². The number of imidazole rings is 1. The van der Waals surface area contributed by atoms with Gasteiger partial charge in [0.1, 0.15) is 18.1 Å². The van der Waals surface area contributed by atoms with Crippen molar-refractivity contribution in [3.05, 3.63) is 123 Å². The largest absolute Gasteiger partial charge is 0.383 e. The Bertz CT molecular complexity index is 2220. The fourth-order valence-electron chi connectivity index (χ4n) is 8.17. The number of nitrogens with zero attached hydrogens (tertiary/aromatic N) is 4. The van der Waals surface area contributed by atoms with E-state index in [9.17, 15) is 9.18 Å². The van der Waals surface area contributed by atoms with Crippen LogP contribution >= 0.6 is 0 Å². The molecule has 5 N–H and O–H groups in total. The van der Waals surface area contributed by atoms with E-state index in [1.807, 2.05) is 44.3 Å². The lowest BCUT2D eigenvalue weighted by Gasteiger charge is -2.34. The summed E-state index contributed by atoms with van der Waals surface area (Å²) in [7, 11) is 3.98. The molecule has 1 spiro atoms. The second kappa shape index (κ2) is 34.3. The molecule has 0 radical (unpaired) electrons. The maximum Gasteiger partial charge on any atom is 0.242 e. The van der Waals surface area contributed by atoms with Crippen molar-refractivity contribution < 1.29 is 13.9 Å². The van der Waals surface area contributed by atoms with Gasteiger partial charge in [-0.05, 0) is 134 Å². The second-order valence-corrected chi connectivity index (χ2v) is 19.3. The number of aromatic nitrogens is 2. The Balaban J connectivity index is 0.000000951. The van der Waals surface area contributed by atoms with Gasteiger partial charge in [0.05, 0.1) is 24.5 Å². The van der Waals surface area contributed by atoms with E-state index in [2.05, 4.69) is 189 Å². The number of hydrogen-bond acceptors (Lipinski definition) is 8. The van der Waals surface area contributed by atoms with E-state index in [1.165, 1.54) is 47.6 Å². The third-order valence-electron chi connectivity index (χ3n) is 12.1. The first-order valence-electron chi connectivity index (χ1n) is 26.6. The van der Waals surface area contributed by atoms with Crippen molar-refractivity contribution >= 4 is 28.0 Å². The summed E-state index contributed by atoms with van der Waals surface area (Å²) >= 11 is 0. The lowest BCUT2D eigenvalue weighted by molar-refractivity contribution is -0.130. The average molecular weight is 993 g/mol. The summed E-state index contributed by atoms with van der Waals surface area (Å²) in [4.78, 5) is 30.3. The first-order chi connectivity index (χ1) is 34.5. The Morgan fingerprint density at radius 2 is 1.50 bits per heavy atom. The highest BCUT2D eigenvalue weighted by atomic mass is 19.2. The van der Waals surface area contributed by atoms with Crippen LogP contribution in [0.25, 0.3) is 38.7 Å². The zero-order valence-electron chi connectivity index (χ0n) is 47.3. The summed E-state index contributed by atoms with van der Waals surface area (Å²) in [6.45, 7) is 41.9. The molecule has 1 aromatic heterocycles. The lowest BCUT2D eigenvalue weighted by Crippen LogP contribution is -2.51. The van der Waals surface area contributed by atoms with Gasteiger partial charge in [-0.15, -0.1) is 19.7 Å². The van der Waals surface area contributed by atoms with Crippen LogP contribution in [-0.4, -0.2) is 90.7 Å². The van der Waals surface area contributed by atoms with Crippen LogP contribution in [0.2, 0.25) is 0 Å². The van der Waals surface area contributed by atoms with Crippen LogP contribution < -0.4 is 16.4 Å². The van der Waals surface area contributed by atoms with Crippen molar-refractivity contribution in [1.82, 2.24) is 30.4 Å². The molecular formula is C61H97FN8O2. The number of amides is 1. The molecule has 3 aliphatic heterocycles. The third kappa shape index (κ3) is 20.4. The summed E-state index contributed by atoms with van der Waals surface area (Å²) in [5, 5.41) is 8.25. The van der Waals surface area contributed by atoms with E-state index < -0.39 is 12.0 Å². The number of likely N-dealkylation sites (N-methyl/N-ethyl adjacent to an activating group) is 1. The highest BCUT2D eigenvalue weighted by molar-refractivity contribution is 5.94. The van der Waals surface area contributed by atoms with Crippen LogP contribution in [0.3, 0.4) is 0 Å². The van der Waals surface area contributed by atoms with Crippen LogP contribution in [0, 0.1) is 17.3 Å². The SMILES string of the molecule is C=C.C=CCNC.C=CNCC(=O)N1CC2(CC2)CC1C(C)=N/C=C(\C)c1ccc2cc(-c3ccc(-c4cnc(C5(N)C(CC)CCN5C)[nH]4)cc3)ccc2c1.CC.CC(C)C.CCC.CCC.FC1CO1. The number of nitrogens with one attached hydrogen (secondary N) is 3. The van der Waals surface area contributed by atoms with Crippen molar-refractivity contribution in [2.24, 2.45) is 28.0 Å². The number of allylic oxidation sites excluding steroid dienone is 1. The quantitative estimate of drug-likeness (QED) is 0.0632. The van der Waals surface area contributed by atoms with Crippen LogP contribution in [0.1, 0.15) is 139 Å². The summed E-state index contributed by atoms with van der Waals surface area (Å²) in [5.74, 6) is 2.17. The van der Waals surface area contributed by atoms with E-state index in [0.29, 0.717) is 17.9 Å². The molecule has 3 aromatic carbocycles. The fourth-order valence-corrected chi connectivity index (χ4v) is 8.17. The number of alkyl halides is 1. The number of epoxide rings is 1. The van der Waals surface area contributed by atoms with Gasteiger partial charge in [0.2, 0.25) is 12.3 Å². The number of carbonyl (C=O) groups is 1. The van der Waals surface area contributed by atoms with E-state index in [-0.39, 0.29) is 18.5 Å². The Kier molecular flexibility index (Phi) is 30.8. The van der Waals surface area contributed by atoms with Gasteiger partial charge in [0, 0.05) is 31.5 Å². The maximum atomic E-state index is 12.9. The van der Waals surface area contributed by atoms with Crippen molar-refractivity contribution in [3.8, 4) is 22.4 Å². The van der Waals surface area contributed by atoms with Gasteiger partial charge in [0.25, 0.3) is 0 Å². The van der Waals surface area contributed by atoms with E-state index in [1.54, 1.807) is 6.20 Å². The minimum atomic E-state index is -0.917. The molecule has 11 heteroatoms. The molecule has 4 aromatic rings. The Hall–Kier alpha value is -5.20. The molecule has 8 rings (SSSR count). The number of nitrogens with two attached hydrogens (primary N) is 1. The fraction of sp³-hybridized carbons (Fsp3) is 0.525. The highest BCUT2D eigenvalue weighted by Crippen LogP contribution is 2.55. The third-order valence-corrected chi connectivity index (χ3v) is 12.1. The molecule has 400 valence electrons. The molecule has 1 aliphatic carbocycles. The number of aromatic amines is 1. The Labute approximate surface area is 437 Å². The monoisotopic (exact) mass is 993 g/mol. The molecule has 1 saturated carbocycles. The van der Waals surface area contributed by atoms with Gasteiger partial charge in [-0.1, -0.05) is 143 Å². The lowest BCUT2D eigenvalue weighted by atomic mass is 9.91. The van der Waals surface area contributed by atoms with Crippen molar-refractivity contribution in [2.45, 2.75) is 146 Å². The number of carbonyl (C=O) groups excluding carboxylic acids is 1. The van der Waals surface area contributed by atoms with Crippen LogP contribution in [0.4, 0.5) is 4.39 Å². The number of benzene rings is 3. The molecule has 0 bridgehead atoms. The molecule has 4 heterocycles. The van der Waals surface area contributed by atoms with Gasteiger partial charge >= 0.3 is 0 Å². The highest BCUT2D eigenvalue weighted by Gasteiger charge is 2.53. The second-order valence-electron chi connectivity index (χ2n) is 19.3. The molecule has 72 heavy (non-hydrogen) atoms. The molecule has 1 amide bonds. The number of fused-ring (bicyclic) bond motifs is 1. The summed E-state index contributed by atoms with van der Waals surface area (Å²) in [6, 6.07) is 21.9.